The van der Waals surface area contributed by atoms with Gasteiger partial charge in [0.2, 0.25) is 11.8 Å². The molecule has 6 heteroatoms. The summed E-state index contributed by atoms with van der Waals surface area (Å²) in [7, 11) is 0. The second kappa shape index (κ2) is 5.07. The van der Waals surface area contributed by atoms with Crippen LogP contribution in [0.25, 0.3) is 11.3 Å². The molecule has 1 aliphatic rings. The van der Waals surface area contributed by atoms with Crippen LogP contribution in [-0.4, -0.2) is 10.2 Å². The van der Waals surface area contributed by atoms with Crippen LogP contribution in [0.1, 0.15) is 17.2 Å². The molecule has 0 fully saturated rings. The molecule has 2 aromatic heterocycles. The molecule has 3 aromatic rings. The van der Waals surface area contributed by atoms with Crippen LogP contribution in [0.4, 0.5) is 0 Å². The molecule has 0 bridgehead atoms. The molecule has 1 atom stereocenters. The van der Waals surface area contributed by atoms with Crippen molar-refractivity contribution in [3.63, 3.8) is 0 Å². The second-order valence-electron chi connectivity index (χ2n) is 5.12. The Labute approximate surface area is 131 Å². The summed E-state index contributed by atoms with van der Waals surface area (Å²) in [6.45, 7) is 0. The molecule has 112 valence electrons. The van der Waals surface area contributed by atoms with E-state index < -0.39 is 5.92 Å². The number of fused-ring (bicyclic) bond motifs is 1. The Hall–Kier alpha value is -3.46. The first kappa shape index (κ1) is 13.2. The first-order chi connectivity index (χ1) is 11.3. The Morgan fingerprint density at radius 1 is 1.17 bits per heavy atom. The van der Waals surface area contributed by atoms with E-state index in [1.807, 2.05) is 36.4 Å². The minimum atomic E-state index is -0.451. The zero-order valence-electron chi connectivity index (χ0n) is 12.0. The van der Waals surface area contributed by atoms with Crippen LogP contribution in [0.5, 0.6) is 5.88 Å². The lowest BCUT2D eigenvalue weighted by Gasteiger charge is -2.22. The molecule has 0 aliphatic carbocycles. The van der Waals surface area contributed by atoms with Gasteiger partial charge in [-0.3, -0.25) is 5.10 Å². The third-order valence-electron chi connectivity index (χ3n) is 3.83. The fourth-order valence-corrected chi connectivity index (χ4v) is 2.81. The molecule has 4 rings (SSSR count). The Kier molecular flexibility index (Phi) is 2.91. The van der Waals surface area contributed by atoms with Crippen molar-refractivity contribution < 1.29 is 9.15 Å². The molecule has 3 heterocycles. The summed E-state index contributed by atoms with van der Waals surface area (Å²) in [5.41, 5.74) is 8.67. The molecule has 0 amide bonds. The number of furan rings is 1. The van der Waals surface area contributed by atoms with E-state index in [1.54, 1.807) is 12.3 Å². The maximum absolute atomic E-state index is 9.52. The van der Waals surface area contributed by atoms with Gasteiger partial charge in [0, 0.05) is 0 Å². The Morgan fingerprint density at radius 2 is 2.00 bits per heavy atom. The molecule has 3 N–H and O–H groups in total. The van der Waals surface area contributed by atoms with E-state index in [4.69, 9.17) is 14.9 Å². The van der Waals surface area contributed by atoms with Crippen LogP contribution >= 0.6 is 0 Å². The first-order valence-electron chi connectivity index (χ1n) is 7.04. The summed E-state index contributed by atoms with van der Waals surface area (Å²) in [5, 5.41) is 16.7. The molecule has 0 saturated carbocycles. The van der Waals surface area contributed by atoms with Gasteiger partial charge in [-0.2, -0.15) is 5.26 Å². The van der Waals surface area contributed by atoms with Crippen LogP contribution in [0.2, 0.25) is 0 Å². The zero-order valence-corrected chi connectivity index (χ0v) is 12.0. The van der Waals surface area contributed by atoms with Crippen molar-refractivity contribution in [1.82, 2.24) is 10.2 Å². The number of nitrogens with zero attached hydrogens (tertiary/aromatic N) is 2. The van der Waals surface area contributed by atoms with E-state index in [1.165, 1.54) is 0 Å². The van der Waals surface area contributed by atoms with E-state index in [2.05, 4.69) is 16.3 Å². The maximum Gasteiger partial charge on any atom is 0.244 e. The molecular formula is C17H12N4O2. The molecule has 0 radical (unpaired) electrons. The third-order valence-corrected chi connectivity index (χ3v) is 3.83. The standard InChI is InChI=1S/C17H12N4O2/c18-9-11-13(12-7-4-8-22-12)14-15(10-5-2-1-3-6-10)20-21-17(14)23-16(11)19/h1-8,13H,19H2,(H,20,21)/t13-/m1/s1. The molecule has 0 saturated heterocycles. The third kappa shape index (κ3) is 1.99. The highest BCUT2D eigenvalue weighted by Gasteiger charge is 2.37. The summed E-state index contributed by atoms with van der Waals surface area (Å²) in [6.07, 6.45) is 1.57. The van der Waals surface area contributed by atoms with Gasteiger partial charge in [-0.25, -0.2) is 0 Å². The predicted octanol–water partition coefficient (Wildman–Crippen LogP) is 2.89. The SMILES string of the molecule is N#CC1=C(N)Oc2n[nH]c(-c3ccccc3)c2[C@H]1c1ccco1. The minimum absolute atomic E-state index is 0.0486. The van der Waals surface area contributed by atoms with Crippen molar-refractivity contribution in [2.75, 3.05) is 0 Å². The number of benzene rings is 1. The molecule has 6 nitrogen and oxygen atoms in total. The molecule has 0 spiro atoms. The van der Waals surface area contributed by atoms with Gasteiger partial charge in [-0.1, -0.05) is 30.3 Å². The lowest BCUT2D eigenvalue weighted by Crippen LogP contribution is -2.20. The number of aromatic nitrogens is 2. The maximum atomic E-state index is 9.52. The highest BCUT2D eigenvalue weighted by molar-refractivity contribution is 5.70. The van der Waals surface area contributed by atoms with E-state index in [0.717, 1.165) is 16.8 Å². The summed E-state index contributed by atoms with van der Waals surface area (Å²) in [6, 6.07) is 15.4. The largest absolute Gasteiger partial charge is 0.468 e. The molecule has 0 unspecified atom stereocenters. The summed E-state index contributed by atoms with van der Waals surface area (Å²) >= 11 is 0. The van der Waals surface area contributed by atoms with Gasteiger partial charge >= 0.3 is 0 Å². The molecule has 1 aromatic carbocycles. The summed E-state index contributed by atoms with van der Waals surface area (Å²) < 4.78 is 11.0. The number of hydrogen-bond acceptors (Lipinski definition) is 5. The Morgan fingerprint density at radius 3 is 2.70 bits per heavy atom. The van der Waals surface area contributed by atoms with Crippen molar-refractivity contribution in [2.45, 2.75) is 5.92 Å². The predicted molar refractivity (Wildman–Crippen MR) is 82.0 cm³/mol. The van der Waals surface area contributed by atoms with Gasteiger partial charge in [0.1, 0.15) is 17.4 Å². The van der Waals surface area contributed by atoms with E-state index in [-0.39, 0.29) is 5.88 Å². The number of aromatic amines is 1. The quantitative estimate of drug-likeness (QED) is 0.758. The molecular weight excluding hydrogens is 292 g/mol. The van der Waals surface area contributed by atoms with Gasteiger partial charge in [-0.15, -0.1) is 5.10 Å². The van der Waals surface area contributed by atoms with Crippen molar-refractivity contribution in [2.24, 2.45) is 5.73 Å². The van der Waals surface area contributed by atoms with Crippen LogP contribution in [0.15, 0.2) is 64.6 Å². The van der Waals surface area contributed by atoms with E-state index in [0.29, 0.717) is 17.2 Å². The Balaban J connectivity index is 1.96. The summed E-state index contributed by atoms with van der Waals surface area (Å²) in [5.74, 6) is 0.578. The summed E-state index contributed by atoms with van der Waals surface area (Å²) in [4.78, 5) is 0. The van der Waals surface area contributed by atoms with Gasteiger partial charge in [0.15, 0.2) is 0 Å². The van der Waals surface area contributed by atoms with Crippen molar-refractivity contribution in [3.05, 3.63) is 71.5 Å². The van der Waals surface area contributed by atoms with Crippen molar-refractivity contribution in [3.8, 4) is 23.2 Å². The number of nitriles is 1. The van der Waals surface area contributed by atoms with Crippen LogP contribution in [0.3, 0.4) is 0 Å². The molecule has 23 heavy (non-hydrogen) atoms. The topological polar surface area (TPSA) is 101 Å². The van der Waals surface area contributed by atoms with E-state index in [9.17, 15) is 5.26 Å². The second-order valence-corrected chi connectivity index (χ2v) is 5.12. The van der Waals surface area contributed by atoms with Crippen LogP contribution < -0.4 is 10.5 Å². The number of ether oxygens (including phenoxy) is 1. The van der Waals surface area contributed by atoms with Crippen molar-refractivity contribution in [1.29, 1.82) is 5.26 Å². The number of hydrogen-bond donors (Lipinski definition) is 2. The minimum Gasteiger partial charge on any atom is -0.468 e. The van der Waals surface area contributed by atoms with Crippen molar-refractivity contribution >= 4 is 0 Å². The van der Waals surface area contributed by atoms with Gasteiger partial charge < -0.3 is 14.9 Å². The van der Waals surface area contributed by atoms with Crippen LogP contribution in [-0.2, 0) is 0 Å². The van der Waals surface area contributed by atoms with Crippen LogP contribution in [0, 0.1) is 11.3 Å². The number of nitrogens with one attached hydrogen (secondary N) is 1. The number of allylic oxidation sites excluding steroid dienone is 1. The smallest absolute Gasteiger partial charge is 0.244 e. The number of H-pyrrole nitrogens is 1. The lowest BCUT2D eigenvalue weighted by molar-refractivity contribution is 0.371. The van der Waals surface area contributed by atoms with Gasteiger partial charge in [0.25, 0.3) is 0 Å². The average Bonchev–Trinajstić information content (AvgIpc) is 3.24. The Bertz CT molecular complexity index is 917. The monoisotopic (exact) mass is 304 g/mol. The lowest BCUT2D eigenvalue weighted by atomic mass is 9.86. The average molecular weight is 304 g/mol. The highest BCUT2D eigenvalue weighted by Crippen LogP contribution is 2.45. The first-order valence-corrected chi connectivity index (χ1v) is 7.04. The van der Waals surface area contributed by atoms with E-state index >= 15 is 0 Å². The van der Waals surface area contributed by atoms with Gasteiger partial charge in [-0.05, 0) is 17.7 Å². The molecule has 1 aliphatic heterocycles. The fraction of sp³-hybridized carbons (Fsp3) is 0.0588. The highest BCUT2D eigenvalue weighted by atomic mass is 16.5. The van der Waals surface area contributed by atoms with Gasteiger partial charge in [0.05, 0.1) is 23.4 Å². The number of rotatable bonds is 2. The zero-order chi connectivity index (χ0) is 15.8. The fourth-order valence-electron chi connectivity index (χ4n) is 2.81. The normalized spacial score (nSPS) is 16.6. The number of nitrogens with two attached hydrogens (primary N) is 1.